The summed E-state index contributed by atoms with van der Waals surface area (Å²) < 4.78 is 0. The van der Waals surface area contributed by atoms with Crippen LogP contribution in [0.1, 0.15) is 12.8 Å². The Morgan fingerprint density at radius 1 is 1.42 bits per heavy atom. The number of carboxylic acid groups (broad SMARTS) is 1. The summed E-state index contributed by atoms with van der Waals surface area (Å²) in [5.74, 6) is 1.16. The van der Waals surface area contributed by atoms with Gasteiger partial charge in [0, 0.05) is 6.54 Å². The molecule has 0 radical (unpaired) electrons. The van der Waals surface area contributed by atoms with Gasteiger partial charge in [-0.25, -0.2) is 4.79 Å². The summed E-state index contributed by atoms with van der Waals surface area (Å²) in [7, 11) is 0. The summed E-state index contributed by atoms with van der Waals surface area (Å²) >= 11 is 0. The molecule has 12 heavy (non-hydrogen) atoms. The quantitative estimate of drug-likeness (QED) is 0.584. The molecule has 1 N–H and O–H groups in total. The molecule has 2 aliphatic rings. The number of aldehydes is 1. The lowest BCUT2D eigenvalue weighted by atomic mass is 10.0. The van der Waals surface area contributed by atoms with E-state index in [2.05, 4.69) is 0 Å². The minimum atomic E-state index is -0.961. The number of nitrogens with zero attached hydrogens (tertiary/aromatic N) is 1. The summed E-state index contributed by atoms with van der Waals surface area (Å²) in [6.45, 7) is 0.559. The first kappa shape index (κ1) is 7.58. The smallest absolute Gasteiger partial charge is 0.407 e. The van der Waals surface area contributed by atoms with Crippen molar-refractivity contribution in [2.75, 3.05) is 6.54 Å². The first-order valence-electron chi connectivity index (χ1n) is 4.17. The van der Waals surface area contributed by atoms with Crippen LogP contribution in [0.2, 0.25) is 0 Å². The number of hydrogen-bond donors (Lipinski definition) is 1. The molecule has 2 fully saturated rings. The molecule has 1 saturated carbocycles. The molecule has 1 aliphatic carbocycles. The van der Waals surface area contributed by atoms with Gasteiger partial charge in [0.15, 0.2) is 0 Å². The normalized spacial score (nSPS) is 38.7. The number of amides is 1. The SMILES string of the molecule is O=C[C@@H]1C[C@H]2C[C@H]2CN1C(=O)O. The molecule has 4 nitrogen and oxygen atoms in total. The first-order chi connectivity index (χ1) is 5.72. The van der Waals surface area contributed by atoms with Gasteiger partial charge in [0.05, 0.1) is 6.04 Å². The zero-order chi connectivity index (χ0) is 8.72. The van der Waals surface area contributed by atoms with Crippen molar-refractivity contribution in [1.29, 1.82) is 0 Å². The average Bonchev–Trinajstić information content (AvgIpc) is 2.79. The van der Waals surface area contributed by atoms with Crippen LogP contribution in [-0.4, -0.2) is 35.0 Å². The molecule has 66 valence electrons. The Hall–Kier alpha value is -1.06. The second-order valence-electron chi connectivity index (χ2n) is 3.63. The number of hydrogen-bond acceptors (Lipinski definition) is 2. The van der Waals surface area contributed by atoms with Crippen molar-refractivity contribution in [3.05, 3.63) is 0 Å². The van der Waals surface area contributed by atoms with Gasteiger partial charge in [0.25, 0.3) is 0 Å². The van der Waals surface area contributed by atoms with Crippen molar-refractivity contribution < 1.29 is 14.7 Å². The summed E-state index contributed by atoms with van der Waals surface area (Å²) in [5, 5.41) is 8.74. The molecular formula is C8H11NO3. The monoisotopic (exact) mass is 169 g/mol. The van der Waals surface area contributed by atoms with Gasteiger partial charge in [-0.1, -0.05) is 0 Å². The lowest BCUT2D eigenvalue weighted by molar-refractivity contribution is -0.112. The lowest BCUT2D eigenvalue weighted by Gasteiger charge is -2.29. The molecule has 0 aromatic carbocycles. The van der Waals surface area contributed by atoms with Crippen molar-refractivity contribution in [2.45, 2.75) is 18.9 Å². The summed E-state index contributed by atoms with van der Waals surface area (Å²) in [6, 6.07) is -0.383. The van der Waals surface area contributed by atoms with E-state index in [1.54, 1.807) is 0 Å². The third kappa shape index (κ3) is 1.07. The van der Waals surface area contributed by atoms with Gasteiger partial charge in [-0.05, 0) is 24.7 Å². The Balaban J connectivity index is 2.08. The van der Waals surface area contributed by atoms with E-state index in [-0.39, 0.29) is 6.04 Å². The van der Waals surface area contributed by atoms with Crippen molar-refractivity contribution in [1.82, 2.24) is 4.90 Å². The molecule has 0 spiro atoms. The van der Waals surface area contributed by atoms with Crippen LogP contribution < -0.4 is 0 Å². The van der Waals surface area contributed by atoms with E-state index < -0.39 is 6.09 Å². The fraction of sp³-hybridized carbons (Fsp3) is 0.750. The molecule has 0 aromatic heterocycles. The van der Waals surface area contributed by atoms with Gasteiger partial charge >= 0.3 is 6.09 Å². The first-order valence-corrected chi connectivity index (χ1v) is 4.17. The van der Waals surface area contributed by atoms with Crippen molar-refractivity contribution in [2.24, 2.45) is 11.8 Å². The Kier molecular flexibility index (Phi) is 1.56. The van der Waals surface area contributed by atoms with Crippen molar-refractivity contribution >= 4 is 12.4 Å². The van der Waals surface area contributed by atoms with E-state index in [1.165, 1.54) is 4.90 Å². The third-order valence-corrected chi connectivity index (χ3v) is 2.85. The topological polar surface area (TPSA) is 57.6 Å². The van der Waals surface area contributed by atoms with Crippen molar-refractivity contribution in [3.63, 3.8) is 0 Å². The molecule has 0 bridgehead atoms. The second kappa shape index (κ2) is 2.47. The lowest BCUT2D eigenvalue weighted by Crippen LogP contribution is -2.44. The predicted octanol–water partition coefficient (Wildman–Crippen LogP) is 0.574. The molecule has 2 rings (SSSR count). The second-order valence-corrected chi connectivity index (χ2v) is 3.63. The number of fused-ring (bicyclic) bond motifs is 1. The van der Waals surface area contributed by atoms with Crippen LogP contribution in [0.25, 0.3) is 0 Å². The van der Waals surface area contributed by atoms with Crippen LogP contribution >= 0.6 is 0 Å². The highest BCUT2D eigenvalue weighted by Gasteiger charge is 2.46. The minimum Gasteiger partial charge on any atom is -0.465 e. The maximum absolute atomic E-state index is 10.7. The largest absolute Gasteiger partial charge is 0.465 e. The van der Waals surface area contributed by atoms with Crippen LogP contribution in [-0.2, 0) is 4.79 Å². The Labute approximate surface area is 70.2 Å². The van der Waals surface area contributed by atoms with Crippen LogP contribution in [0.3, 0.4) is 0 Å². The molecule has 1 heterocycles. The third-order valence-electron chi connectivity index (χ3n) is 2.85. The molecule has 0 aromatic rings. The zero-order valence-electron chi connectivity index (χ0n) is 6.64. The molecule has 0 unspecified atom stereocenters. The van der Waals surface area contributed by atoms with E-state index in [9.17, 15) is 9.59 Å². The van der Waals surface area contributed by atoms with Crippen LogP contribution in [0.5, 0.6) is 0 Å². The van der Waals surface area contributed by atoms with Crippen LogP contribution in [0.4, 0.5) is 4.79 Å². The van der Waals surface area contributed by atoms with Gasteiger partial charge in [0.1, 0.15) is 6.29 Å². The highest BCUT2D eigenvalue weighted by molar-refractivity contribution is 5.72. The summed E-state index contributed by atoms with van der Waals surface area (Å²) in [5.41, 5.74) is 0. The number of likely N-dealkylation sites (tertiary alicyclic amines) is 1. The number of carbonyl (C=O) groups excluding carboxylic acids is 1. The maximum atomic E-state index is 10.7. The number of piperidine rings is 1. The predicted molar refractivity (Wildman–Crippen MR) is 40.8 cm³/mol. The molecule has 1 amide bonds. The van der Waals surface area contributed by atoms with Gasteiger partial charge in [-0.2, -0.15) is 0 Å². The maximum Gasteiger partial charge on any atom is 0.407 e. The van der Waals surface area contributed by atoms with Gasteiger partial charge in [-0.15, -0.1) is 0 Å². The Bertz CT molecular complexity index is 228. The highest BCUT2D eigenvalue weighted by Crippen LogP contribution is 2.46. The molecule has 3 atom stereocenters. The number of rotatable bonds is 1. The van der Waals surface area contributed by atoms with Crippen LogP contribution in [0.15, 0.2) is 0 Å². The van der Waals surface area contributed by atoms with E-state index in [1.807, 2.05) is 0 Å². The molecule has 1 saturated heterocycles. The van der Waals surface area contributed by atoms with E-state index in [0.717, 1.165) is 19.1 Å². The van der Waals surface area contributed by atoms with Gasteiger partial charge in [-0.3, -0.25) is 4.90 Å². The van der Waals surface area contributed by atoms with Crippen molar-refractivity contribution in [3.8, 4) is 0 Å². The minimum absolute atomic E-state index is 0.383. The highest BCUT2D eigenvalue weighted by atomic mass is 16.4. The Morgan fingerprint density at radius 2 is 2.17 bits per heavy atom. The van der Waals surface area contributed by atoms with E-state index in [0.29, 0.717) is 18.4 Å². The number of carbonyl (C=O) groups is 2. The molecular weight excluding hydrogens is 158 g/mol. The summed E-state index contributed by atoms with van der Waals surface area (Å²) in [4.78, 5) is 22.5. The van der Waals surface area contributed by atoms with Gasteiger partial charge in [0.2, 0.25) is 0 Å². The van der Waals surface area contributed by atoms with Crippen LogP contribution in [0, 0.1) is 11.8 Å². The molecule has 1 aliphatic heterocycles. The van der Waals surface area contributed by atoms with E-state index >= 15 is 0 Å². The van der Waals surface area contributed by atoms with E-state index in [4.69, 9.17) is 5.11 Å². The zero-order valence-corrected chi connectivity index (χ0v) is 6.64. The molecule has 4 heteroatoms. The standard InChI is InChI=1S/C8H11NO3/c10-4-7-2-5-1-6(5)3-9(7)8(11)12/h4-7H,1-3H2,(H,11,12)/t5-,6+,7+/m1/s1. The van der Waals surface area contributed by atoms with Gasteiger partial charge < -0.3 is 9.90 Å². The fourth-order valence-electron chi connectivity index (χ4n) is 2.00. The Morgan fingerprint density at radius 3 is 2.75 bits per heavy atom. The average molecular weight is 169 g/mol. The summed E-state index contributed by atoms with van der Waals surface area (Å²) in [6.07, 6.45) is 1.63. The fourth-order valence-corrected chi connectivity index (χ4v) is 2.00.